The first-order chi connectivity index (χ1) is 12.1. The van der Waals surface area contributed by atoms with Crippen molar-refractivity contribution in [3.8, 4) is 0 Å². The molecule has 6 nitrogen and oxygen atoms in total. The van der Waals surface area contributed by atoms with Crippen molar-refractivity contribution in [2.45, 2.75) is 19.9 Å². The Kier molecular flexibility index (Phi) is 6.51. The van der Waals surface area contributed by atoms with Crippen LogP contribution in [0.15, 0.2) is 49.6 Å². The zero-order valence-electron chi connectivity index (χ0n) is 14.6. The van der Waals surface area contributed by atoms with Gasteiger partial charge in [0, 0.05) is 33.0 Å². The Morgan fingerprint density at radius 2 is 1.92 bits per heavy atom. The van der Waals surface area contributed by atoms with Crippen LogP contribution in [0.1, 0.15) is 12.7 Å². The Hall–Kier alpha value is -2.89. The fourth-order valence-corrected chi connectivity index (χ4v) is 2.67. The summed E-state index contributed by atoms with van der Waals surface area (Å²) in [6.45, 7) is 10.5. The summed E-state index contributed by atoms with van der Waals surface area (Å²) >= 11 is 0. The number of nitrogens with one attached hydrogen (secondary N) is 1. The fraction of sp³-hybridized carbons (Fsp3) is 0.316. The molecule has 0 aliphatic carbocycles. The molecule has 0 saturated carbocycles. The Labute approximate surface area is 147 Å². The maximum absolute atomic E-state index is 12.7. The Balaban J connectivity index is 2.27. The van der Waals surface area contributed by atoms with Crippen LogP contribution in [0.5, 0.6) is 0 Å². The number of nitrogens with zero attached hydrogens (tertiary/aromatic N) is 3. The third kappa shape index (κ3) is 4.79. The first-order valence-corrected chi connectivity index (χ1v) is 8.25. The molecule has 0 unspecified atom stereocenters. The number of carbonyl (C=O) groups is 2. The number of amides is 2. The monoisotopic (exact) mass is 340 g/mol. The molecule has 2 aromatic rings. The molecule has 0 aliphatic heterocycles. The predicted molar refractivity (Wildman–Crippen MR) is 99.1 cm³/mol. The highest BCUT2D eigenvalue weighted by molar-refractivity contribution is 5.81. The molecule has 6 heteroatoms. The highest BCUT2D eigenvalue weighted by Gasteiger charge is 2.17. The molecule has 1 heterocycles. The van der Waals surface area contributed by atoms with Crippen molar-refractivity contribution in [3.63, 3.8) is 0 Å². The van der Waals surface area contributed by atoms with Crippen LogP contribution in [0, 0.1) is 0 Å². The first-order valence-electron chi connectivity index (χ1n) is 8.25. The van der Waals surface area contributed by atoms with Crippen LogP contribution in [-0.2, 0) is 22.6 Å². The molecule has 2 amide bonds. The van der Waals surface area contributed by atoms with E-state index in [4.69, 9.17) is 0 Å². The molecule has 1 aromatic heterocycles. The number of aromatic nitrogens is 2. The van der Waals surface area contributed by atoms with Crippen molar-refractivity contribution in [2.75, 3.05) is 19.6 Å². The maximum Gasteiger partial charge on any atom is 0.243 e. The minimum absolute atomic E-state index is 0.0243. The van der Waals surface area contributed by atoms with Gasteiger partial charge in [-0.1, -0.05) is 24.3 Å². The summed E-state index contributed by atoms with van der Waals surface area (Å²) in [4.78, 5) is 30.1. The van der Waals surface area contributed by atoms with Gasteiger partial charge in [0.1, 0.15) is 12.4 Å². The largest absolute Gasteiger partial charge is 0.356 e. The van der Waals surface area contributed by atoms with Gasteiger partial charge >= 0.3 is 0 Å². The number of para-hydroxylation sites is 2. The highest BCUT2D eigenvalue weighted by atomic mass is 16.2. The molecular formula is C19H24N4O2. The summed E-state index contributed by atoms with van der Waals surface area (Å²) in [5, 5.41) is 2.77. The van der Waals surface area contributed by atoms with Crippen LogP contribution in [0.4, 0.5) is 0 Å². The van der Waals surface area contributed by atoms with Crippen molar-refractivity contribution < 1.29 is 9.59 Å². The standard InChI is InChI=1S/C19H24N4O2/c1-4-12-22(13-5-2)19(25)14-23-17-9-7-6-8-16(17)21-18(23)10-11-20-15(3)24/h4-9H,1-2,10-14H2,3H3,(H,20,24). The van der Waals surface area contributed by atoms with E-state index in [2.05, 4.69) is 23.5 Å². The number of benzene rings is 1. The van der Waals surface area contributed by atoms with Crippen LogP contribution < -0.4 is 5.32 Å². The van der Waals surface area contributed by atoms with Crippen molar-refractivity contribution in [1.29, 1.82) is 0 Å². The summed E-state index contributed by atoms with van der Waals surface area (Å²) < 4.78 is 1.92. The molecule has 0 fully saturated rings. The molecule has 1 aromatic carbocycles. The van der Waals surface area contributed by atoms with E-state index in [0.29, 0.717) is 26.1 Å². The molecule has 25 heavy (non-hydrogen) atoms. The van der Waals surface area contributed by atoms with Gasteiger partial charge in [-0.25, -0.2) is 4.98 Å². The van der Waals surface area contributed by atoms with E-state index in [0.717, 1.165) is 16.9 Å². The molecule has 2 rings (SSSR count). The predicted octanol–water partition coefficient (Wildman–Crippen LogP) is 1.92. The lowest BCUT2D eigenvalue weighted by molar-refractivity contribution is -0.130. The zero-order valence-corrected chi connectivity index (χ0v) is 14.6. The van der Waals surface area contributed by atoms with Crippen LogP contribution in [-0.4, -0.2) is 45.9 Å². The van der Waals surface area contributed by atoms with Gasteiger partial charge in [-0.3, -0.25) is 9.59 Å². The second-order valence-electron chi connectivity index (χ2n) is 5.71. The van der Waals surface area contributed by atoms with E-state index >= 15 is 0 Å². The lowest BCUT2D eigenvalue weighted by Crippen LogP contribution is -2.34. The van der Waals surface area contributed by atoms with Gasteiger partial charge in [0.2, 0.25) is 11.8 Å². The SMILES string of the molecule is C=CCN(CC=C)C(=O)Cn1c(CCNC(C)=O)nc2ccccc21. The van der Waals surface area contributed by atoms with Crippen molar-refractivity contribution in [1.82, 2.24) is 19.8 Å². The van der Waals surface area contributed by atoms with Gasteiger partial charge in [-0.2, -0.15) is 0 Å². The second-order valence-corrected chi connectivity index (χ2v) is 5.71. The second kappa shape index (κ2) is 8.82. The maximum atomic E-state index is 12.7. The summed E-state index contributed by atoms with van der Waals surface area (Å²) in [7, 11) is 0. The normalized spacial score (nSPS) is 10.4. The van der Waals surface area contributed by atoms with Gasteiger partial charge in [0.15, 0.2) is 0 Å². The Morgan fingerprint density at radius 3 is 2.56 bits per heavy atom. The van der Waals surface area contributed by atoms with E-state index in [9.17, 15) is 9.59 Å². The average molecular weight is 340 g/mol. The van der Waals surface area contributed by atoms with Crippen LogP contribution in [0.25, 0.3) is 11.0 Å². The summed E-state index contributed by atoms with van der Waals surface area (Å²) in [6, 6.07) is 7.71. The molecular weight excluding hydrogens is 316 g/mol. The summed E-state index contributed by atoms with van der Waals surface area (Å²) in [6.07, 6.45) is 3.96. The van der Waals surface area contributed by atoms with Crippen LogP contribution in [0.2, 0.25) is 0 Å². The molecule has 0 spiro atoms. The van der Waals surface area contributed by atoms with Gasteiger partial charge < -0.3 is 14.8 Å². The van der Waals surface area contributed by atoms with Crippen LogP contribution >= 0.6 is 0 Å². The summed E-state index contributed by atoms with van der Waals surface area (Å²) in [5.41, 5.74) is 1.75. The van der Waals surface area contributed by atoms with E-state index in [1.54, 1.807) is 17.1 Å². The average Bonchev–Trinajstić information content (AvgIpc) is 2.92. The smallest absolute Gasteiger partial charge is 0.243 e. The number of hydrogen-bond acceptors (Lipinski definition) is 3. The minimum atomic E-state index is -0.0816. The lowest BCUT2D eigenvalue weighted by atomic mass is 10.3. The number of fused-ring (bicyclic) bond motifs is 1. The fourth-order valence-electron chi connectivity index (χ4n) is 2.67. The van der Waals surface area contributed by atoms with Gasteiger partial charge in [-0.05, 0) is 12.1 Å². The molecule has 132 valence electrons. The minimum Gasteiger partial charge on any atom is -0.356 e. The van der Waals surface area contributed by atoms with E-state index in [-0.39, 0.29) is 18.4 Å². The molecule has 1 N–H and O–H groups in total. The zero-order chi connectivity index (χ0) is 18.2. The van der Waals surface area contributed by atoms with E-state index < -0.39 is 0 Å². The molecule has 0 bridgehead atoms. The van der Waals surface area contributed by atoms with E-state index in [1.807, 2.05) is 28.8 Å². The van der Waals surface area contributed by atoms with Crippen molar-refractivity contribution in [2.24, 2.45) is 0 Å². The Bertz CT molecular complexity index is 769. The molecule has 0 aliphatic rings. The van der Waals surface area contributed by atoms with Crippen molar-refractivity contribution >= 4 is 22.8 Å². The first kappa shape index (κ1) is 18.4. The van der Waals surface area contributed by atoms with Crippen molar-refractivity contribution in [3.05, 3.63) is 55.4 Å². The van der Waals surface area contributed by atoms with E-state index in [1.165, 1.54) is 6.92 Å². The summed E-state index contributed by atoms with van der Waals surface area (Å²) in [5.74, 6) is 0.672. The molecule has 0 saturated heterocycles. The van der Waals surface area contributed by atoms with Gasteiger partial charge in [0.05, 0.1) is 11.0 Å². The number of hydrogen-bond donors (Lipinski definition) is 1. The highest BCUT2D eigenvalue weighted by Crippen LogP contribution is 2.17. The molecule has 0 radical (unpaired) electrons. The topological polar surface area (TPSA) is 67.2 Å². The Morgan fingerprint density at radius 1 is 1.24 bits per heavy atom. The number of carbonyl (C=O) groups excluding carboxylic acids is 2. The number of imidazole rings is 1. The third-order valence-corrected chi connectivity index (χ3v) is 3.80. The number of rotatable bonds is 9. The van der Waals surface area contributed by atoms with Crippen LogP contribution in [0.3, 0.4) is 0 Å². The van der Waals surface area contributed by atoms with Gasteiger partial charge in [0.25, 0.3) is 0 Å². The lowest BCUT2D eigenvalue weighted by Gasteiger charge is -2.20. The molecule has 0 atom stereocenters. The van der Waals surface area contributed by atoms with Gasteiger partial charge in [-0.15, -0.1) is 13.2 Å². The quantitative estimate of drug-likeness (QED) is 0.709. The third-order valence-electron chi connectivity index (χ3n) is 3.80.